The Hall–Kier alpha value is -1.79. The van der Waals surface area contributed by atoms with Crippen LogP contribution in [0.3, 0.4) is 0 Å². The van der Waals surface area contributed by atoms with Crippen molar-refractivity contribution in [1.29, 1.82) is 0 Å². The van der Waals surface area contributed by atoms with Gasteiger partial charge in [-0.05, 0) is 50.4 Å². The van der Waals surface area contributed by atoms with Crippen molar-refractivity contribution in [2.24, 2.45) is 5.92 Å². The zero-order chi connectivity index (χ0) is 17.8. The van der Waals surface area contributed by atoms with Crippen LogP contribution in [0.4, 0.5) is 8.78 Å². The first-order chi connectivity index (χ1) is 12.6. The maximum Gasteiger partial charge on any atom is 0.162 e. The molecule has 0 amide bonds. The van der Waals surface area contributed by atoms with Gasteiger partial charge in [0.05, 0.1) is 0 Å². The molecule has 0 spiro atoms. The lowest BCUT2D eigenvalue weighted by atomic mass is 9.75. The van der Waals surface area contributed by atoms with Gasteiger partial charge >= 0.3 is 0 Å². The van der Waals surface area contributed by atoms with Gasteiger partial charge < -0.3 is 4.98 Å². The van der Waals surface area contributed by atoms with Gasteiger partial charge in [-0.15, -0.1) is 0 Å². The number of aromatic nitrogens is 2. The SMILES string of the molecule is Cc1ncc(CN2C[C@@H](c3cccc(F)c3F)[C@@H]3[C@H]2C2CCN3CC2)[nH]1. The molecule has 4 nitrogen and oxygen atoms in total. The summed E-state index contributed by atoms with van der Waals surface area (Å²) in [5.41, 5.74) is 1.63. The fourth-order valence-corrected chi connectivity index (χ4v) is 5.57. The molecule has 0 radical (unpaired) electrons. The van der Waals surface area contributed by atoms with Crippen LogP contribution in [0.5, 0.6) is 0 Å². The Morgan fingerprint density at radius 1 is 1.19 bits per heavy atom. The van der Waals surface area contributed by atoms with Gasteiger partial charge in [0.25, 0.3) is 0 Å². The van der Waals surface area contributed by atoms with Gasteiger partial charge in [0.15, 0.2) is 11.6 Å². The minimum absolute atomic E-state index is 0.0165. The van der Waals surface area contributed by atoms with Crippen molar-refractivity contribution < 1.29 is 8.78 Å². The van der Waals surface area contributed by atoms with E-state index in [4.69, 9.17) is 0 Å². The third-order valence-corrected chi connectivity index (χ3v) is 6.60. The molecule has 2 aromatic rings. The summed E-state index contributed by atoms with van der Waals surface area (Å²) in [7, 11) is 0. The Balaban J connectivity index is 1.51. The zero-order valence-corrected chi connectivity index (χ0v) is 15.0. The van der Waals surface area contributed by atoms with Crippen LogP contribution in [0.25, 0.3) is 0 Å². The molecule has 1 N–H and O–H groups in total. The number of nitrogens with zero attached hydrogens (tertiary/aromatic N) is 3. The summed E-state index contributed by atoms with van der Waals surface area (Å²) in [6.45, 7) is 5.67. The van der Waals surface area contributed by atoms with E-state index in [9.17, 15) is 8.78 Å². The number of likely N-dealkylation sites (tertiary alicyclic amines) is 1. The lowest BCUT2D eigenvalue weighted by molar-refractivity contribution is -0.00914. The molecular formula is C20H24F2N4. The Bertz CT molecular complexity index is 812. The van der Waals surface area contributed by atoms with Crippen LogP contribution in [-0.4, -0.2) is 51.5 Å². The second kappa shape index (κ2) is 6.13. The summed E-state index contributed by atoms with van der Waals surface area (Å²) in [4.78, 5) is 12.6. The molecule has 4 aliphatic rings. The van der Waals surface area contributed by atoms with E-state index in [-0.39, 0.29) is 12.0 Å². The normalized spacial score (nSPS) is 33.6. The van der Waals surface area contributed by atoms with E-state index >= 15 is 0 Å². The third-order valence-electron chi connectivity index (χ3n) is 6.60. The van der Waals surface area contributed by atoms with Crippen LogP contribution in [0.1, 0.15) is 35.8 Å². The average Bonchev–Trinajstić information content (AvgIpc) is 3.24. The molecule has 0 unspecified atom stereocenters. The van der Waals surface area contributed by atoms with Crippen LogP contribution in [-0.2, 0) is 6.54 Å². The van der Waals surface area contributed by atoms with Crippen molar-refractivity contribution in [1.82, 2.24) is 19.8 Å². The summed E-state index contributed by atoms with van der Waals surface area (Å²) in [6.07, 6.45) is 4.30. The Morgan fingerprint density at radius 3 is 2.73 bits per heavy atom. The standard InChI is InChI=1S/C20H24F2N4/c1-12-23-9-14(24-12)10-26-11-16(15-3-2-4-17(21)18(15)22)20-19(26)13-5-7-25(20)8-6-13/h2-4,9,13,16,19-20H,5-8,10-11H2,1H3,(H,23,24)/t16-,19+,20+/m0/s1. The first-order valence-corrected chi connectivity index (χ1v) is 9.54. The van der Waals surface area contributed by atoms with Crippen molar-refractivity contribution in [2.75, 3.05) is 19.6 Å². The molecule has 1 aromatic heterocycles. The van der Waals surface area contributed by atoms with E-state index in [2.05, 4.69) is 19.8 Å². The van der Waals surface area contributed by atoms with Gasteiger partial charge in [-0.25, -0.2) is 13.8 Å². The second-order valence-corrected chi connectivity index (χ2v) is 8.03. The predicted octanol–water partition coefficient (Wildman–Crippen LogP) is 3.06. The number of halogens is 2. The number of hydrogen-bond donors (Lipinski definition) is 1. The minimum Gasteiger partial charge on any atom is -0.345 e. The fourth-order valence-electron chi connectivity index (χ4n) is 5.57. The first-order valence-electron chi connectivity index (χ1n) is 9.54. The van der Waals surface area contributed by atoms with Crippen LogP contribution >= 0.6 is 0 Å². The number of rotatable bonds is 3. The predicted molar refractivity (Wildman–Crippen MR) is 94.7 cm³/mol. The number of imidazole rings is 1. The van der Waals surface area contributed by atoms with Crippen molar-refractivity contribution in [3.8, 4) is 0 Å². The quantitative estimate of drug-likeness (QED) is 0.916. The number of H-pyrrole nitrogens is 1. The highest BCUT2D eigenvalue weighted by Crippen LogP contribution is 2.47. The van der Waals surface area contributed by atoms with E-state index in [1.807, 2.05) is 13.1 Å². The number of hydrogen-bond acceptors (Lipinski definition) is 3. The number of nitrogens with one attached hydrogen (secondary N) is 1. The molecule has 4 aliphatic heterocycles. The molecule has 1 aromatic carbocycles. The molecule has 5 heterocycles. The van der Waals surface area contributed by atoms with Crippen LogP contribution in [0.2, 0.25) is 0 Å². The topological polar surface area (TPSA) is 35.2 Å². The van der Waals surface area contributed by atoms with Crippen LogP contribution in [0, 0.1) is 24.5 Å². The summed E-state index contributed by atoms with van der Waals surface area (Å²) in [5, 5.41) is 0. The van der Waals surface area contributed by atoms with Gasteiger partial charge in [0.2, 0.25) is 0 Å². The highest BCUT2D eigenvalue weighted by Gasteiger charge is 2.53. The summed E-state index contributed by atoms with van der Waals surface area (Å²) in [5.74, 6) is 0.173. The molecule has 6 rings (SSSR count). The molecule has 0 saturated carbocycles. The Kier molecular flexibility index (Phi) is 3.87. The molecule has 4 fully saturated rings. The van der Waals surface area contributed by atoms with Crippen LogP contribution in [0.15, 0.2) is 24.4 Å². The zero-order valence-electron chi connectivity index (χ0n) is 15.0. The highest BCUT2D eigenvalue weighted by atomic mass is 19.2. The molecule has 26 heavy (non-hydrogen) atoms. The van der Waals surface area contributed by atoms with Gasteiger partial charge in [0, 0.05) is 43.0 Å². The first kappa shape index (κ1) is 16.4. The van der Waals surface area contributed by atoms with E-state index < -0.39 is 11.6 Å². The lowest BCUT2D eigenvalue weighted by Crippen LogP contribution is -2.60. The molecule has 138 valence electrons. The lowest BCUT2D eigenvalue weighted by Gasteiger charge is -2.51. The number of fused-ring (bicyclic) bond motifs is 2. The Labute approximate surface area is 152 Å². The van der Waals surface area contributed by atoms with Crippen molar-refractivity contribution in [2.45, 2.75) is 44.3 Å². The molecular weight excluding hydrogens is 334 g/mol. The van der Waals surface area contributed by atoms with E-state index in [0.29, 0.717) is 17.5 Å². The molecule has 2 bridgehead atoms. The minimum atomic E-state index is -0.738. The molecule has 4 saturated heterocycles. The maximum atomic E-state index is 14.6. The summed E-state index contributed by atoms with van der Waals surface area (Å²) < 4.78 is 28.5. The highest BCUT2D eigenvalue weighted by molar-refractivity contribution is 5.29. The van der Waals surface area contributed by atoms with Crippen molar-refractivity contribution in [3.05, 3.63) is 53.1 Å². The smallest absolute Gasteiger partial charge is 0.162 e. The molecule has 3 atom stereocenters. The van der Waals surface area contributed by atoms with E-state index in [1.54, 1.807) is 12.1 Å². The average molecular weight is 358 g/mol. The number of aryl methyl sites for hydroxylation is 1. The van der Waals surface area contributed by atoms with Crippen molar-refractivity contribution in [3.63, 3.8) is 0 Å². The van der Waals surface area contributed by atoms with Crippen molar-refractivity contribution >= 4 is 0 Å². The molecule has 6 heteroatoms. The summed E-state index contributed by atoms with van der Waals surface area (Å²) >= 11 is 0. The summed E-state index contributed by atoms with van der Waals surface area (Å²) in [6, 6.07) is 5.31. The third kappa shape index (κ3) is 2.50. The van der Waals surface area contributed by atoms with E-state index in [0.717, 1.165) is 37.7 Å². The van der Waals surface area contributed by atoms with Gasteiger partial charge in [-0.2, -0.15) is 0 Å². The molecule has 0 aliphatic carbocycles. The van der Waals surface area contributed by atoms with Gasteiger partial charge in [-0.1, -0.05) is 12.1 Å². The van der Waals surface area contributed by atoms with E-state index in [1.165, 1.54) is 18.9 Å². The fraction of sp³-hybridized carbons (Fsp3) is 0.550. The number of aromatic amines is 1. The number of piperidine rings is 3. The maximum absolute atomic E-state index is 14.6. The van der Waals surface area contributed by atoms with Gasteiger partial charge in [0.1, 0.15) is 5.82 Å². The largest absolute Gasteiger partial charge is 0.345 e. The van der Waals surface area contributed by atoms with Crippen LogP contribution < -0.4 is 0 Å². The number of benzene rings is 1. The monoisotopic (exact) mass is 358 g/mol. The van der Waals surface area contributed by atoms with Gasteiger partial charge in [-0.3, -0.25) is 9.80 Å². The second-order valence-electron chi connectivity index (χ2n) is 8.03. The Morgan fingerprint density at radius 2 is 2.00 bits per heavy atom.